The van der Waals surface area contributed by atoms with Crippen LogP contribution in [0.25, 0.3) is 11.4 Å². The van der Waals surface area contributed by atoms with Gasteiger partial charge in [-0.3, -0.25) is 4.79 Å². The minimum Gasteiger partial charge on any atom is -0.497 e. The predicted octanol–water partition coefficient (Wildman–Crippen LogP) is 3.92. The third kappa shape index (κ3) is 4.31. The Hall–Kier alpha value is -3.15. The molecular weight excluding hydrogens is 366 g/mol. The lowest BCUT2D eigenvalue weighted by Crippen LogP contribution is -2.45. The summed E-state index contributed by atoms with van der Waals surface area (Å²) >= 11 is 0. The van der Waals surface area contributed by atoms with Crippen molar-refractivity contribution in [3.63, 3.8) is 0 Å². The second kappa shape index (κ2) is 8.47. The van der Waals surface area contributed by atoms with Crippen molar-refractivity contribution in [3.05, 3.63) is 66.1 Å². The number of nitrogens with zero attached hydrogens (tertiary/aromatic N) is 2. The Bertz CT molecular complexity index is 947. The molecule has 1 aliphatic rings. The maximum Gasteiger partial charge on any atom is 0.227 e. The Labute approximate surface area is 170 Å². The van der Waals surface area contributed by atoms with Crippen LogP contribution in [0.3, 0.4) is 0 Å². The summed E-state index contributed by atoms with van der Waals surface area (Å²) in [5.74, 6) is 1.76. The van der Waals surface area contributed by atoms with E-state index in [2.05, 4.69) is 39.7 Å². The fourth-order valence-corrected chi connectivity index (χ4v) is 3.75. The smallest absolute Gasteiger partial charge is 0.227 e. The zero-order valence-corrected chi connectivity index (χ0v) is 16.6. The molecule has 0 saturated heterocycles. The van der Waals surface area contributed by atoms with Gasteiger partial charge in [-0.15, -0.1) is 0 Å². The molecule has 1 amide bonds. The molecule has 0 radical (unpaired) electrons. The van der Waals surface area contributed by atoms with Crippen molar-refractivity contribution < 1.29 is 14.1 Å². The van der Waals surface area contributed by atoms with E-state index in [1.54, 1.807) is 7.11 Å². The van der Waals surface area contributed by atoms with E-state index in [4.69, 9.17) is 9.26 Å². The lowest BCUT2D eigenvalue weighted by Gasteiger charge is -2.42. The molecule has 3 aromatic rings. The molecule has 4 rings (SSSR count). The molecule has 0 unspecified atom stereocenters. The first-order valence-corrected chi connectivity index (χ1v) is 9.98. The summed E-state index contributed by atoms with van der Waals surface area (Å²) in [7, 11) is 1.62. The van der Waals surface area contributed by atoms with Gasteiger partial charge in [-0.1, -0.05) is 41.9 Å². The van der Waals surface area contributed by atoms with E-state index in [1.165, 1.54) is 12.0 Å². The van der Waals surface area contributed by atoms with Crippen LogP contribution in [-0.4, -0.2) is 29.7 Å². The molecule has 0 bridgehead atoms. The molecule has 0 atom stereocenters. The third-order valence-electron chi connectivity index (χ3n) is 5.70. The Morgan fingerprint density at radius 1 is 1.14 bits per heavy atom. The van der Waals surface area contributed by atoms with Crippen LogP contribution < -0.4 is 10.1 Å². The van der Waals surface area contributed by atoms with Gasteiger partial charge < -0.3 is 14.6 Å². The average Bonchev–Trinajstić information content (AvgIpc) is 3.21. The van der Waals surface area contributed by atoms with Gasteiger partial charge in [-0.25, -0.2) is 0 Å². The number of rotatable bonds is 8. The first kappa shape index (κ1) is 19.2. The highest BCUT2D eigenvalue weighted by atomic mass is 16.5. The van der Waals surface area contributed by atoms with Crippen molar-refractivity contribution in [2.24, 2.45) is 0 Å². The highest BCUT2D eigenvalue weighted by Gasteiger charge is 2.38. The third-order valence-corrected chi connectivity index (χ3v) is 5.70. The van der Waals surface area contributed by atoms with Crippen LogP contribution in [0.15, 0.2) is 59.1 Å². The summed E-state index contributed by atoms with van der Waals surface area (Å²) in [5, 5.41) is 7.11. The van der Waals surface area contributed by atoms with Crippen molar-refractivity contribution in [2.45, 2.75) is 37.5 Å². The van der Waals surface area contributed by atoms with E-state index < -0.39 is 0 Å². The molecular formula is C23H25N3O3. The molecule has 1 heterocycles. The summed E-state index contributed by atoms with van der Waals surface area (Å²) in [6.45, 7) is 0.677. The van der Waals surface area contributed by atoms with Crippen LogP contribution in [0, 0.1) is 0 Å². The second-order valence-corrected chi connectivity index (χ2v) is 7.52. The first-order valence-electron chi connectivity index (χ1n) is 9.98. The highest BCUT2D eigenvalue weighted by molar-refractivity contribution is 5.76. The monoisotopic (exact) mass is 391 g/mol. The molecule has 1 aromatic heterocycles. The van der Waals surface area contributed by atoms with Gasteiger partial charge >= 0.3 is 0 Å². The van der Waals surface area contributed by atoms with Crippen LogP contribution in [-0.2, 0) is 16.6 Å². The molecule has 0 aliphatic heterocycles. The topological polar surface area (TPSA) is 77.2 Å². The van der Waals surface area contributed by atoms with E-state index >= 15 is 0 Å². The largest absolute Gasteiger partial charge is 0.497 e. The molecule has 1 aliphatic carbocycles. The van der Waals surface area contributed by atoms with Gasteiger partial charge in [0.05, 0.1) is 7.11 Å². The standard InChI is InChI=1S/C23H25N3O3/c1-28-19-10-8-17(9-11-19)22-25-21(29-26-22)13-12-20(27)24-16-23(14-5-15-23)18-6-3-2-4-7-18/h2-4,6-11H,5,12-16H2,1H3,(H,24,27). The molecule has 1 N–H and O–H groups in total. The maximum absolute atomic E-state index is 12.4. The summed E-state index contributed by atoms with van der Waals surface area (Å²) in [6.07, 6.45) is 4.20. The van der Waals surface area contributed by atoms with Gasteiger partial charge in [0, 0.05) is 30.4 Å². The lowest BCUT2D eigenvalue weighted by atomic mass is 9.64. The molecule has 2 aromatic carbocycles. The van der Waals surface area contributed by atoms with Gasteiger partial charge in [0.1, 0.15) is 5.75 Å². The number of benzene rings is 2. The molecule has 1 saturated carbocycles. The number of methoxy groups -OCH3 is 1. The minimum atomic E-state index is 0.0106. The fraction of sp³-hybridized carbons (Fsp3) is 0.348. The molecule has 6 nitrogen and oxygen atoms in total. The molecule has 29 heavy (non-hydrogen) atoms. The number of aromatic nitrogens is 2. The second-order valence-electron chi connectivity index (χ2n) is 7.52. The summed E-state index contributed by atoms with van der Waals surface area (Å²) < 4.78 is 10.5. The van der Waals surface area contributed by atoms with E-state index in [0.29, 0.717) is 31.1 Å². The number of ether oxygens (including phenoxy) is 1. The van der Waals surface area contributed by atoms with Crippen molar-refractivity contribution in [1.82, 2.24) is 15.5 Å². The summed E-state index contributed by atoms with van der Waals surface area (Å²) in [6, 6.07) is 17.9. The van der Waals surface area contributed by atoms with Gasteiger partial charge in [-0.2, -0.15) is 4.98 Å². The number of aryl methyl sites for hydroxylation is 1. The number of amides is 1. The van der Waals surface area contributed by atoms with E-state index in [-0.39, 0.29) is 11.3 Å². The van der Waals surface area contributed by atoms with Crippen molar-refractivity contribution in [1.29, 1.82) is 0 Å². The quantitative estimate of drug-likeness (QED) is 0.630. The minimum absolute atomic E-state index is 0.0106. The zero-order chi connectivity index (χ0) is 20.1. The van der Waals surface area contributed by atoms with Crippen molar-refractivity contribution >= 4 is 5.91 Å². The normalized spacial score (nSPS) is 14.8. The number of carbonyl (C=O) groups is 1. The van der Waals surface area contributed by atoms with Gasteiger partial charge in [0.25, 0.3) is 0 Å². The van der Waals surface area contributed by atoms with Gasteiger partial charge in [0.15, 0.2) is 0 Å². The van der Waals surface area contributed by atoms with Gasteiger partial charge in [0.2, 0.25) is 17.6 Å². The van der Waals surface area contributed by atoms with E-state index in [1.807, 2.05) is 30.3 Å². The van der Waals surface area contributed by atoms with Crippen LogP contribution in [0.2, 0.25) is 0 Å². The number of carbonyl (C=O) groups excluding carboxylic acids is 1. The lowest BCUT2D eigenvalue weighted by molar-refractivity contribution is -0.121. The van der Waals surface area contributed by atoms with Crippen molar-refractivity contribution in [2.75, 3.05) is 13.7 Å². The Morgan fingerprint density at radius 2 is 1.90 bits per heavy atom. The summed E-state index contributed by atoms with van der Waals surface area (Å²) in [4.78, 5) is 16.8. The highest BCUT2D eigenvalue weighted by Crippen LogP contribution is 2.43. The van der Waals surface area contributed by atoms with E-state index in [0.717, 1.165) is 24.2 Å². The van der Waals surface area contributed by atoms with Crippen LogP contribution in [0.1, 0.15) is 37.1 Å². The van der Waals surface area contributed by atoms with Gasteiger partial charge in [-0.05, 0) is 42.7 Å². The van der Waals surface area contributed by atoms with Crippen LogP contribution >= 0.6 is 0 Å². The van der Waals surface area contributed by atoms with E-state index in [9.17, 15) is 4.79 Å². The Kier molecular flexibility index (Phi) is 5.60. The first-order chi connectivity index (χ1) is 14.2. The predicted molar refractivity (Wildman–Crippen MR) is 110 cm³/mol. The van der Waals surface area contributed by atoms with Crippen LogP contribution in [0.5, 0.6) is 5.75 Å². The number of nitrogens with one attached hydrogen (secondary N) is 1. The molecule has 0 spiro atoms. The summed E-state index contributed by atoms with van der Waals surface area (Å²) in [5.41, 5.74) is 2.25. The van der Waals surface area contributed by atoms with Crippen molar-refractivity contribution in [3.8, 4) is 17.1 Å². The number of hydrogen-bond donors (Lipinski definition) is 1. The Morgan fingerprint density at radius 3 is 2.55 bits per heavy atom. The zero-order valence-electron chi connectivity index (χ0n) is 16.6. The SMILES string of the molecule is COc1ccc(-c2noc(CCC(=O)NCC3(c4ccccc4)CCC3)n2)cc1. The maximum atomic E-state index is 12.4. The Balaban J connectivity index is 1.29. The number of hydrogen-bond acceptors (Lipinski definition) is 5. The van der Waals surface area contributed by atoms with Crippen LogP contribution in [0.4, 0.5) is 0 Å². The fourth-order valence-electron chi connectivity index (χ4n) is 3.75. The molecule has 150 valence electrons. The molecule has 1 fully saturated rings. The molecule has 6 heteroatoms. The average molecular weight is 391 g/mol.